The zero-order valence-electron chi connectivity index (χ0n) is 13.9. The molecule has 1 heterocycles. The van der Waals surface area contributed by atoms with E-state index in [9.17, 15) is 9.59 Å². The molecule has 1 aromatic carbocycles. The largest absolute Gasteiger partial charge is 0.467 e. The van der Waals surface area contributed by atoms with Crippen LogP contribution in [-0.4, -0.2) is 43.3 Å². The van der Waals surface area contributed by atoms with E-state index in [4.69, 9.17) is 15.2 Å². The van der Waals surface area contributed by atoms with E-state index in [2.05, 4.69) is 5.32 Å². The van der Waals surface area contributed by atoms with Crippen molar-refractivity contribution in [2.45, 2.75) is 49.8 Å². The second kappa shape index (κ2) is 6.91. The molecule has 1 amide bonds. The lowest BCUT2D eigenvalue weighted by Gasteiger charge is -2.30. The molecule has 0 aromatic heterocycles. The average Bonchev–Trinajstić information content (AvgIpc) is 2.93. The second-order valence-corrected chi connectivity index (χ2v) is 6.73. The van der Waals surface area contributed by atoms with Gasteiger partial charge in [-0.15, -0.1) is 0 Å². The fourth-order valence-electron chi connectivity index (χ4n) is 3.67. The number of carbonyl (C=O) groups is 2. The molecule has 6 nitrogen and oxygen atoms in total. The first kappa shape index (κ1) is 16.9. The van der Waals surface area contributed by atoms with Crippen LogP contribution in [0.2, 0.25) is 0 Å². The van der Waals surface area contributed by atoms with E-state index in [0.29, 0.717) is 25.9 Å². The van der Waals surface area contributed by atoms with Gasteiger partial charge in [0.2, 0.25) is 5.91 Å². The molecule has 2 aliphatic rings. The van der Waals surface area contributed by atoms with Gasteiger partial charge in [-0.1, -0.05) is 24.3 Å². The van der Waals surface area contributed by atoms with E-state index < -0.39 is 11.5 Å². The molecule has 2 atom stereocenters. The van der Waals surface area contributed by atoms with Crippen LogP contribution >= 0.6 is 0 Å². The maximum absolute atomic E-state index is 12.5. The maximum atomic E-state index is 12.5. The van der Waals surface area contributed by atoms with Crippen molar-refractivity contribution in [1.82, 2.24) is 5.32 Å². The molecule has 24 heavy (non-hydrogen) atoms. The number of nitrogens with one attached hydrogen (secondary N) is 1. The van der Waals surface area contributed by atoms with Crippen LogP contribution in [0.1, 0.15) is 30.4 Å². The number of methoxy groups -OCH3 is 1. The zero-order valence-corrected chi connectivity index (χ0v) is 13.9. The second-order valence-electron chi connectivity index (χ2n) is 6.73. The highest BCUT2D eigenvalue weighted by Crippen LogP contribution is 2.31. The third-order valence-corrected chi connectivity index (χ3v) is 4.88. The standard InChI is InChI=1S/C18H24N2O4/c1-23-17(22)18(10-12-4-2-3-5-13(12)11-18)20-16(21)9-15-8-14(19)6-7-24-15/h2-5,14-15H,6-11,19H2,1H3,(H,20,21). The summed E-state index contributed by atoms with van der Waals surface area (Å²) in [5.74, 6) is -0.611. The quantitative estimate of drug-likeness (QED) is 0.793. The molecule has 1 aliphatic heterocycles. The summed E-state index contributed by atoms with van der Waals surface area (Å²) in [6.07, 6.45) is 2.41. The minimum absolute atomic E-state index is 0.0712. The topological polar surface area (TPSA) is 90.7 Å². The van der Waals surface area contributed by atoms with Crippen molar-refractivity contribution in [3.63, 3.8) is 0 Å². The van der Waals surface area contributed by atoms with Gasteiger partial charge in [0.05, 0.1) is 19.6 Å². The van der Waals surface area contributed by atoms with Crippen LogP contribution in [0.15, 0.2) is 24.3 Å². The highest BCUT2D eigenvalue weighted by Gasteiger charge is 2.46. The molecule has 0 saturated carbocycles. The van der Waals surface area contributed by atoms with Crippen molar-refractivity contribution >= 4 is 11.9 Å². The van der Waals surface area contributed by atoms with Crippen molar-refractivity contribution in [2.24, 2.45) is 5.73 Å². The highest BCUT2D eigenvalue weighted by atomic mass is 16.5. The summed E-state index contributed by atoms with van der Waals surface area (Å²) in [6, 6.07) is 7.91. The van der Waals surface area contributed by atoms with Crippen molar-refractivity contribution in [1.29, 1.82) is 0 Å². The van der Waals surface area contributed by atoms with Crippen LogP contribution in [0.25, 0.3) is 0 Å². The lowest BCUT2D eigenvalue weighted by atomic mass is 9.94. The van der Waals surface area contributed by atoms with Crippen LogP contribution in [0, 0.1) is 0 Å². The van der Waals surface area contributed by atoms with E-state index in [0.717, 1.165) is 17.5 Å². The molecule has 1 saturated heterocycles. The fraction of sp³-hybridized carbons (Fsp3) is 0.556. The number of nitrogens with two attached hydrogens (primary N) is 1. The first-order chi connectivity index (χ1) is 11.5. The minimum atomic E-state index is -1.02. The normalized spacial score (nSPS) is 24.9. The van der Waals surface area contributed by atoms with Gasteiger partial charge in [0.1, 0.15) is 5.54 Å². The van der Waals surface area contributed by atoms with Crippen LogP contribution in [0.4, 0.5) is 0 Å². The van der Waals surface area contributed by atoms with Gasteiger partial charge in [-0.2, -0.15) is 0 Å². The van der Waals surface area contributed by atoms with E-state index in [1.807, 2.05) is 24.3 Å². The van der Waals surface area contributed by atoms with Crippen LogP contribution in [-0.2, 0) is 31.9 Å². The summed E-state index contributed by atoms with van der Waals surface area (Å²) in [5, 5.41) is 2.92. The number of esters is 1. The molecule has 0 radical (unpaired) electrons. The Kier molecular flexibility index (Phi) is 4.87. The van der Waals surface area contributed by atoms with E-state index in [-0.39, 0.29) is 24.5 Å². The number of ether oxygens (including phenoxy) is 2. The Morgan fingerprint density at radius 1 is 1.33 bits per heavy atom. The summed E-state index contributed by atoms with van der Waals surface area (Å²) in [4.78, 5) is 24.9. The predicted octanol–water partition coefficient (Wildman–Crippen LogP) is 0.710. The number of amides is 1. The number of carbonyl (C=O) groups excluding carboxylic acids is 2. The smallest absolute Gasteiger partial charge is 0.332 e. The Hall–Kier alpha value is -1.92. The monoisotopic (exact) mass is 332 g/mol. The summed E-state index contributed by atoms with van der Waals surface area (Å²) in [6.45, 7) is 0.576. The van der Waals surface area contributed by atoms with Crippen molar-refractivity contribution < 1.29 is 19.1 Å². The SMILES string of the molecule is COC(=O)C1(NC(=O)CC2CC(N)CCO2)Cc2ccccc2C1. The van der Waals surface area contributed by atoms with Gasteiger partial charge < -0.3 is 20.5 Å². The summed E-state index contributed by atoms with van der Waals surface area (Å²) in [7, 11) is 1.35. The van der Waals surface area contributed by atoms with Gasteiger partial charge in [-0.3, -0.25) is 4.79 Å². The summed E-state index contributed by atoms with van der Waals surface area (Å²) >= 11 is 0. The number of hydrogen-bond donors (Lipinski definition) is 2. The third kappa shape index (κ3) is 3.44. The van der Waals surface area contributed by atoms with Gasteiger partial charge >= 0.3 is 5.97 Å². The molecule has 1 fully saturated rings. The molecule has 2 unspecified atom stereocenters. The van der Waals surface area contributed by atoms with Crippen LogP contribution in [0.3, 0.4) is 0 Å². The molecule has 1 aromatic rings. The molecular weight excluding hydrogens is 308 g/mol. The summed E-state index contributed by atoms with van der Waals surface area (Å²) < 4.78 is 10.6. The molecule has 3 N–H and O–H groups in total. The van der Waals surface area contributed by atoms with Gasteiger partial charge in [0.15, 0.2) is 0 Å². The Morgan fingerprint density at radius 2 is 2.00 bits per heavy atom. The Balaban J connectivity index is 1.70. The number of fused-ring (bicyclic) bond motifs is 1. The van der Waals surface area contributed by atoms with Crippen LogP contribution in [0.5, 0.6) is 0 Å². The van der Waals surface area contributed by atoms with E-state index in [1.54, 1.807) is 0 Å². The van der Waals surface area contributed by atoms with Crippen LogP contribution < -0.4 is 11.1 Å². The van der Waals surface area contributed by atoms with Crippen molar-refractivity contribution in [3.8, 4) is 0 Å². The van der Waals surface area contributed by atoms with Crippen molar-refractivity contribution in [3.05, 3.63) is 35.4 Å². The molecule has 6 heteroatoms. The van der Waals surface area contributed by atoms with Crippen molar-refractivity contribution in [2.75, 3.05) is 13.7 Å². The zero-order chi connectivity index (χ0) is 17.2. The van der Waals surface area contributed by atoms with E-state index in [1.165, 1.54) is 7.11 Å². The molecule has 130 valence electrons. The van der Waals surface area contributed by atoms with Gasteiger partial charge in [-0.25, -0.2) is 4.79 Å². The molecular formula is C18H24N2O4. The van der Waals surface area contributed by atoms with Gasteiger partial charge in [0, 0.05) is 25.5 Å². The predicted molar refractivity (Wildman–Crippen MR) is 88.3 cm³/mol. The van der Waals surface area contributed by atoms with Gasteiger partial charge in [-0.05, 0) is 24.0 Å². The molecule has 0 bridgehead atoms. The molecule has 3 rings (SSSR count). The van der Waals surface area contributed by atoms with E-state index >= 15 is 0 Å². The summed E-state index contributed by atoms with van der Waals surface area (Å²) in [5.41, 5.74) is 7.05. The molecule has 1 aliphatic carbocycles. The maximum Gasteiger partial charge on any atom is 0.332 e. The number of rotatable bonds is 4. The minimum Gasteiger partial charge on any atom is -0.467 e. The number of benzene rings is 1. The third-order valence-electron chi connectivity index (χ3n) is 4.88. The first-order valence-corrected chi connectivity index (χ1v) is 8.36. The fourth-order valence-corrected chi connectivity index (χ4v) is 3.67. The average molecular weight is 332 g/mol. The number of hydrogen-bond acceptors (Lipinski definition) is 5. The van der Waals surface area contributed by atoms with Gasteiger partial charge in [0.25, 0.3) is 0 Å². The Labute approximate surface area is 141 Å². The first-order valence-electron chi connectivity index (χ1n) is 8.36. The Morgan fingerprint density at radius 3 is 2.58 bits per heavy atom. The lowest BCUT2D eigenvalue weighted by molar-refractivity contribution is -0.151. The molecule has 0 spiro atoms. The lowest BCUT2D eigenvalue weighted by Crippen LogP contribution is -2.56. The highest BCUT2D eigenvalue weighted by molar-refractivity contribution is 5.89. The Bertz CT molecular complexity index is 606.